The first-order valence-corrected chi connectivity index (χ1v) is 8.01. The fourth-order valence-electron chi connectivity index (χ4n) is 2.34. The van der Waals surface area contributed by atoms with Gasteiger partial charge in [-0.1, -0.05) is 6.07 Å². The maximum Gasteiger partial charge on any atom is 0.325 e. The van der Waals surface area contributed by atoms with Gasteiger partial charge in [0.1, 0.15) is 23.9 Å². The number of rotatable bonds is 6. The fourth-order valence-corrected chi connectivity index (χ4v) is 2.34. The molecule has 0 atom stereocenters. The minimum absolute atomic E-state index is 0.105. The van der Waals surface area contributed by atoms with E-state index in [1.54, 1.807) is 19.9 Å². The van der Waals surface area contributed by atoms with Gasteiger partial charge in [-0.15, -0.1) is 10.2 Å². The van der Waals surface area contributed by atoms with Crippen molar-refractivity contribution < 1.29 is 27.6 Å². The summed E-state index contributed by atoms with van der Waals surface area (Å²) in [6.45, 7) is 2.95. The van der Waals surface area contributed by atoms with Gasteiger partial charge in [0.2, 0.25) is 0 Å². The van der Waals surface area contributed by atoms with Crippen LogP contribution in [0.5, 0.6) is 0 Å². The van der Waals surface area contributed by atoms with Crippen molar-refractivity contribution in [2.45, 2.75) is 20.5 Å². The molecule has 1 amide bonds. The Labute approximate surface area is 153 Å². The fraction of sp³-hybridized carbons (Fsp3) is 0.222. The molecule has 0 radical (unpaired) electrons. The summed E-state index contributed by atoms with van der Waals surface area (Å²) in [5, 5.41) is 10.0. The van der Waals surface area contributed by atoms with E-state index in [2.05, 4.69) is 15.5 Å². The lowest BCUT2D eigenvalue weighted by atomic mass is 10.2. The van der Waals surface area contributed by atoms with Crippen molar-refractivity contribution in [3.05, 3.63) is 59.1 Å². The van der Waals surface area contributed by atoms with Crippen LogP contribution in [0.1, 0.15) is 27.8 Å². The first-order chi connectivity index (χ1) is 12.9. The third kappa shape index (κ3) is 4.57. The molecule has 0 saturated carbocycles. The second kappa shape index (κ2) is 7.81. The number of nitrogens with zero attached hydrogens (tertiary/aromatic N) is 2. The Morgan fingerprint density at radius 1 is 1.19 bits per heavy atom. The van der Waals surface area contributed by atoms with Crippen LogP contribution >= 0.6 is 0 Å². The molecule has 2 aromatic heterocycles. The predicted octanol–water partition coefficient (Wildman–Crippen LogP) is 2.56. The van der Waals surface area contributed by atoms with E-state index in [9.17, 15) is 14.0 Å². The molecule has 0 aliphatic carbocycles. The highest BCUT2D eigenvalue weighted by molar-refractivity contribution is 5.95. The molecular formula is C18H16FN3O5. The summed E-state index contributed by atoms with van der Waals surface area (Å²) >= 11 is 0. The molecule has 8 nitrogen and oxygen atoms in total. The number of carbonyl (C=O) groups is 2. The van der Waals surface area contributed by atoms with Crippen LogP contribution in [0.15, 0.2) is 39.2 Å². The number of hydrogen-bond donors (Lipinski definition) is 1. The largest absolute Gasteiger partial charge is 0.466 e. The Kier molecular flexibility index (Phi) is 5.30. The number of amides is 1. The minimum Gasteiger partial charge on any atom is -0.466 e. The topological polar surface area (TPSA) is 107 Å². The second-order valence-corrected chi connectivity index (χ2v) is 5.68. The van der Waals surface area contributed by atoms with Crippen molar-refractivity contribution >= 4 is 11.9 Å². The summed E-state index contributed by atoms with van der Waals surface area (Å²) in [5.74, 6) is -0.113. The number of hydrogen-bond acceptors (Lipinski definition) is 7. The number of halogens is 1. The Morgan fingerprint density at radius 3 is 2.70 bits per heavy atom. The van der Waals surface area contributed by atoms with Gasteiger partial charge in [0, 0.05) is 5.56 Å². The van der Waals surface area contributed by atoms with Gasteiger partial charge in [0.25, 0.3) is 17.7 Å². The summed E-state index contributed by atoms with van der Waals surface area (Å²) in [6, 6.07) is 6.89. The molecule has 0 aliphatic rings. The molecule has 140 valence electrons. The van der Waals surface area contributed by atoms with Crippen LogP contribution in [-0.2, 0) is 16.1 Å². The van der Waals surface area contributed by atoms with Gasteiger partial charge in [-0.2, -0.15) is 0 Å². The first kappa shape index (κ1) is 18.3. The highest BCUT2D eigenvalue weighted by Crippen LogP contribution is 2.25. The van der Waals surface area contributed by atoms with E-state index in [1.807, 2.05) is 0 Å². The first-order valence-electron chi connectivity index (χ1n) is 8.01. The number of esters is 1. The highest BCUT2D eigenvalue weighted by atomic mass is 19.1. The van der Waals surface area contributed by atoms with Crippen LogP contribution in [0.3, 0.4) is 0 Å². The normalized spacial score (nSPS) is 10.6. The van der Waals surface area contributed by atoms with E-state index in [4.69, 9.17) is 13.6 Å². The van der Waals surface area contributed by atoms with E-state index in [0.717, 1.165) is 6.07 Å². The summed E-state index contributed by atoms with van der Waals surface area (Å²) in [5.41, 5.74) is 0.773. The average molecular weight is 373 g/mol. The van der Waals surface area contributed by atoms with Crippen LogP contribution in [-0.4, -0.2) is 28.6 Å². The number of aromatic nitrogens is 2. The number of aryl methyl sites for hydroxylation is 2. The van der Waals surface area contributed by atoms with E-state index >= 15 is 0 Å². The smallest absolute Gasteiger partial charge is 0.325 e. The molecular weight excluding hydrogens is 357 g/mol. The average Bonchev–Trinajstić information content (AvgIpc) is 3.23. The molecule has 9 heteroatoms. The lowest BCUT2D eigenvalue weighted by Gasteiger charge is -2.05. The third-order valence-corrected chi connectivity index (χ3v) is 3.57. The minimum atomic E-state index is -0.699. The van der Waals surface area contributed by atoms with E-state index in [-0.39, 0.29) is 30.5 Å². The zero-order chi connectivity index (χ0) is 19.4. The molecule has 3 rings (SSSR count). The van der Waals surface area contributed by atoms with Crippen molar-refractivity contribution in [1.82, 2.24) is 15.5 Å². The Bertz CT molecular complexity index is 979. The molecule has 27 heavy (non-hydrogen) atoms. The maximum absolute atomic E-state index is 13.1. The summed E-state index contributed by atoms with van der Waals surface area (Å²) in [7, 11) is 0. The van der Waals surface area contributed by atoms with Gasteiger partial charge in [-0.25, -0.2) is 4.39 Å². The summed E-state index contributed by atoms with van der Waals surface area (Å²) in [6.07, 6.45) is 0. The summed E-state index contributed by atoms with van der Waals surface area (Å²) in [4.78, 5) is 23.6. The predicted molar refractivity (Wildman–Crippen MR) is 90.0 cm³/mol. The summed E-state index contributed by atoms with van der Waals surface area (Å²) < 4.78 is 28.9. The van der Waals surface area contributed by atoms with E-state index in [1.165, 1.54) is 18.2 Å². The van der Waals surface area contributed by atoms with Crippen LogP contribution in [0, 0.1) is 19.7 Å². The van der Waals surface area contributed by atoms with Crippen LogP contribution in [0.25, 0.3) is 11.5 Å². The van der Waals surface area contributed by atoms with Crippen molar-refractivity contribution in [2.24, 2.45) is 0 Å². The Morgan fingerprint density at radius 2 is 2.00 bits per heavy atom. The lowest BCUT2D eigenvalue weighted by molar-refractivity contribution is -0.144. The van der Waals surface area contributed by atoms with Gasteiger partial charge in [0.15, 0.2) is 6.61 Å². The van der Waals surface area contributed by atoms with Crippen LogP contribution in [0.4, 0.5) is 4.39 Å². The highest BCUT2D eigenvalue weighted by Gasteiger charge is 2.16. The van der Waals surface area contributed by atoms with Crippen molar-refractivity contribution in [3.63, 3.8) is 0 Å². The van der Waals surface area contributed by atoms with Gasteiger partial charge >= 0.3 is 5.97 Å². The van der Waals surface area contributed by atoms with Crippen LogP contribution in [0.2, 0.25) is 0 Å². The molecule has 0 unspecified atom stereocenters. The Balaban J connectivity index is 1.50. The van der Waals surface area contributed by atoms with Gasteiger partial charge in [-0.3, -0.25) is 9.59 Å². The SMILES string of the molecule is Cc1cc(-c2nnc(COC(=O)CNC(=O)c3cccc(F)c3)o2)c(C)o1. The molecule has 0 saturated heterocycles. The molecule has 2 heterocycles. The van der Waals surface area contributed by atoms with Crippen molar-refractivity contribution in [1.29, 1.82) is 0 Å². The van der Waals surface area contributed by atoms with Crippen molar-refractivity contribution in [2.75, 3.05) is 6.54 Å². The molecule has 1 aromatic carbocycles. The van der Waals surface area contributed by atoms with E-state index < -0.39 is 17.7 Å². The lowest BCUT2D eigenvalue weighted by Crippen LogP contribution is -2.30. The number of furan rings is 1. The maximum atomic E-state index is 13.1. The van der Waals surface area contributed by atoms with Gasteiger partial charge in [-0.05, 0) is 38.1 Å². The quantitative estimate of drug-likeness (QED) is 0.662. The molecule has 0 spiro atoms. The molecule has 1 N–H and O–H groups in total. The monoisotopic (exact) mass is 373 g/mol. The Hall–Kier alpha value is -3.49. The molecule has 0 fully saturated rings. The standard InChI is InChI=1S/C18H16FN3O5/c1-10-6-14(11(2)26-10)18-22-21-15(27-18)9-25-16(23)8-20-17(24)12-4-3-5-13(19)7-12/h3-7H,8-9H2,1-2H3,(H,20,24). The van der Waals surface area contributed by atoms with Gasteiger partial charge < -0.3 is 18.9 Å². The second-order valence-electron chi connectivity index (χ2n) is 5.68. The third-order valence-electron chi connectivity index (χ3n) is 3.57. The van der Waals surface area contributed by atoms with Gasteiger partial charge in [0.05, 0.1) is 5.56 Å². The zero-order valence-electron chi connectivity index (χ0n) is 14.6. The molecule has 3 aromatic rings. The number of nitrogens with one attached hydrogen (secondary N) is 1. The molecule has 0 aliphatic heterocycles. The van der Waals surface area contributed by atoms with E-state index in [0.29, 0.717) is 17.1 Å². The number of ether oxygens (including phenoxy) is 1. The van der Waals surface area contributed by atoms with Crippen molar-refractivity contribution in [3.8, 4) is 11.5 Å². The van der Waals surface area contributed by atoms with Crippen LogP contribution < -0.4 is 5.32 Å². The number of benzene rings is 1. The molecule has 0 bridgehead atoms. The number of carbonyl (C=O) groups excluding carboxylic acids is 2. The zero-order valence-corrected chi connectivity index (χ0v) is 14.6.